The van der Waals surface area contributed by atoms with Crippen molar-refractivity contribution >= 4 is 39.1 Å². The highest BCUT2D eigenvalue weighted by Crippen LogP contribution is 2.44. The van der Waals surface area contributed by atoms with Gasteiger partial charge in [-0.15, -0.1) is 10.2 Å². The number of fused-ring (bicyclic) bond motifs is 1. The predicted octanol–water partition coefficient (Wildman–Crippen LogP) is 6.17. The molecule has 3 heterocycles. The summed E-state index contributed by atoms with van der Waals surface area (Å²) in [5, 5.41) is 20.8. The molecule has 8 nitrogen and oxygen atoms in total. The second-order valence-corrected chi connectivity index (χ2v) is 9.57. The van der Waals surface area contributed by atoms with Crippen molar-refractivity contribution in [2.45, 2.75) is 13.0 Å². The predicted molar refractivity (Wildman–Crippen MR) is 138 cm³/mol. The zero-order valence-electron chi connectivity index (χ0n) is 19.5. The van der Waals surface area contributed by atoms with E-state index in [4.69, 9.17) is 9.15 Å². The summed E-state index contributed by atoms with van der Waals surface area (Å²) in [6.45, 7) is 1.76. The molecule has 0 bridgehead atoms. The summed E-state index contributed by atoms with van der Waals surface area (Å²) in [5.41, 5.74) is 0.980. The van der Waals surface area contributed by atoms with Crippen LogP contribution in [0.5, 0.6) is 11.5 Å². The van der Waals surface area contributed by atoms with E-state index in [1.165, 1.54) is 16.2 Å². The van der Waals surface area contributed by atoms with E-state index in [0.717, 1.165) is 5.39 Å². The summed E-state index contributed by atoms with van der Waals surface area (Å²) >= 11 is 1.19. The Bertz CT molecular complexity index is 1660. The minimum absolute atomic E-state index is 0.0209. The summed E-state index contributed by atoms with van der Waals surface area (Å²) < 4.78 is 11.8. The molecule has 1 aliphatic heterocycles. The smallest absolute Gasteiger partial charge is 0.296 e. The SMILES string of the molecule is Cc1nnc(N2C(=O)C(O)=C(C(=O)c3cc4ccccc4o3)[C@@H]2c2cccc(Oc3ccccc3)c2)s1. The van der Waals surface area contributed by atoms with Gasteiger partial charge in [-0.1, -0.05) is 59.9 Å². The molecule has 0 saturated heterocycles. The molecular formula is C28H19N3O5S. The Morgan fingerprint density at radius 3 is 2.49 bits per heavy atom. The summed E-state index contributed by atoms with van der Waals surface area (Å²) in [7, 11) is 0. The number of aromatic nitrogens is 2. The lowest BCUT2D eigenvalue weighted by molar-refractivity contribution is -0.117. The molecule has 0 unspecified atom stereocenters. The molecule has 6 rings (SSSR count). The first-order valence-electron chi connectivity index (χ1n) is 11.4. The zero-order valence-corrected chi connectivity index (χ0v) is 20.3. The van der Waals surface area contributed by atoms with Crippen LogP contribution in [0.15, 0.2) is 101 Å². The lowest BCUT2D eigenvalue weighted by Gasteiger charge is -2.24. The number of para-hydroxylation sites is 2. The maximum Gasteiger partial charge on any atom is 0.296 e. The molecule has 3 aromatic carbocycles. The van der Waals surface area contributed by atoms with Crippen LogP contribution in [-0.2, 0) is 4.79 Å². The van der Waals surface area contributed by atoms with Crippen LogP contribution >= 0.6 is 11.3 Å². The normalized spacial score (nSPS) is 15.5. The number of anilines is 1. The number of aliphatic hydroxyl groups is 1. The zero-order chi connectivity index (χ0) is 25.5. The minimum Gasteiger partial charge on any atom is -0.503 e. The van der Waals surface area contributed by atoms with Gasteiger partial charge in [-0.25, -0.2) is 0 Å². The second-order valence-electron chi connectivity index (χ2n) is 8.41. The Hall–Kier alpha value is -4.76. The van der Waals surface area contributed by atoms with Crippen LogP contribution in [0, 0.1) is 6.92 Å². The fourth-order valence-electron chi connectivity index (χ4n) is 4.33. The molecule has 0 saturated carbocycles. The number of hydrogen-bond acceptors (Lipinski definition) is 8. The van der Waals surface area contributed by atoms with Crippen LogP contribution in [0.2, 0.25) is 0 Å². The van der Waals surface area contributed by atoms with Gasteiger partial charge in [0.2, 0.25) is 10.9 Å². The van der Waals surface area contributed by atoms with Gasteiger partial charge >= 0.3 is 0 Å². The topological polar surface area (TPSA) is 106 Å². The average molecular weight is 510 g/mol. The van der Waals surface area contributed by atoms with Crippen molar-refractivity contribution in [3.8, 4) is 11.5 Å². The maximum absolute atomic E-state index is 13.8. The van der Waals surface area contributed by atoms with Crippen molar-refractivity contribution in [3.63, 3.8) is 0 Å². The highest BCUT2D eigenvalue weighted by Gasteiger charge is 2.46. The summed E-state index contributed by atoms with van der Waals surface area (Å²) in [4.78, 5) is 28.4. The van der Waals surface area contributed by atoms with E-state index in [1.807, 2.05) is 42.5 Å². The van der Waals surface area contributed by atoms with Crippen molar-refractivity contribution in [1.82, 2.24) is 10.2 Å². The summed E-state index contributed by atoms with van der Waals surface area (Å²) in [6, 6.07) is 24.1. The number of rotatable bonds is 6. The van der Waals surface area contributed by atoms with Gasteiger partial charge in [0.25, 0.3) is 5.91 Å². The van der Waals surface area contributed by atoms with Gasteiger partial charge in [0, 0.05) is 5.39 Å². The first-order valence-corrected chi connectivity index (χ1v) is 12.2. The monoisotopic (exact) mass is 509 g/mol. The standard InChI is InChI=1S/C28H19N3O5S/c1-16-29-30-28(37-16)31-24(18-9-7-12-20(14-18)35-19-10-3-2-4-11-19)23(26(33)27(31)34)25(32)22-15-17-8-5-6-13-21(17)36-22/h2-15,24,33H,1H3/t24-/m0/s1. The number of carbonyl (C=O) groups is 2. The van der Waals surface area contributed by atoms with Crippen LogP contribution in [0.25, 0.3) is 11.0 Å². The summed E-state index contributed by atoms with van der Waals surface area (Å²) in [5.74, 6) is -0.826. The number of hydrogen-bond donors (Lipinski definition) is 1. The molecule has 1 amide bonds. The Morgan fingerprint density at radius 2 is 1.73 bits per heavy atom. The third kappa shape index (κ3) is 4.05. The average Bonchev–Trinajstić information content (AvgIpc) is 3.60. The highest BCUT2D eigenvalue weighted by molar-refractivity contribution is 7.15. The number of furan rings is 1. The van der Waals surface area contributed by atoms with E-state index >= 15 is 0 Å². The fraction of sp³-hybridized carbons (Fsp3) is 0.0714. The van der Waals surface area contributed by atoms with Gasteiger partial charge in [0.15, 0.2) is 11.5 Å². The highest BCUT2D eigenvalue weighted by atomic mass is 32.1. The molecule has 1 atom stereocenters. The lowest BCUT2D eigenvalue weighted by Crippen LogP contribution is -2.31. The van der Waals surface area contributed by atoms with Crippen LogP contribution in [0.1, 0.15) is 27.2 Å². The summed E-state index contributed by atoms with van der Waals surface area (Å²) in [6.07, 6.45) is 0. The van der Waals surface area contributed by atoms with Gasteiger partial charge in [-0.05, 0) is 48.9 Å². The minimum atomic E-state index is -0.972. The van der Waals surface area contributed by atoms with Gasteiger partial charge in [0.1, 0.15) is 22.1 Å². The quantitative estimate of drug-likeness (QED) is 0.273. The number of benzene rings is 3. The van der Waals surface area contributed by atoms with Crippen molar-refractivity contribution < 1.29 is 23.8 Å². The number of Topliss-reactive ketones (excluding diaryl/α,β-unsaturated/α-hetero) is 1. The van der Waals surface area contributed by atoms with Crippen molar-refractivity contribution in [2.24, 2.45) is 0 Å². The van der Waals surface area contributed by atoms with Gasteiger partial charge in [-0.2, -0.15) is 0 Å². The van der Waals surface area contributed by atoms with Crippen LogP contribution in [-0.4, -0.2) is 27.0 Å². The van der Waals surface area contributed by atoms with Crippen LogP contribution < -0.4 is 9.64 Å². The number of nitrogens with zero attached hydrogens (tertiary/aromatic N) is 3. The molecule has 1 aliphatic rings. The Labute approximate surface area is 215 Å². The van der Waals surface area contributed by atoms with E-state index in [0.29, 0.717) is 27.7 Å². The molecule has 5 aromatic rings. The van der Waals surface area contributed by atoms with Gasteiger partial charge < -0.3 is 14.3 Å². The molecule has 1 N–H and O–H groups in total. The van der Waals surface area contributed by atoms with Gasteiger partial charge in [-0.3, -0.25) is 14.5 Å². The van der Waals surface area contributed by atoms with Crippen molar-refractivity contribution in [3.05, 3.63) is 113 Å². The fourth-order valence-corrected chi connectivity index (χ4v) is 5.05. The van der Waals surface area contributed by atoms with Crippen LogP contribution in [0.4, 0.5) is 5.13 Å². The number of ether oxygens (including phenoxy) is 1. The van der Waals surface area contributed by atoms with Crippen LogP contribution in [0.3, 0.4) is 0 Å². The first-order chi connectivity index (χ1) is 18.0. The third-order valence-corrected chi connectivity index (χ3v) is 6.81. The van der Waals surface area contributed by atoms with E-state index in [9.17, 15) is 14.7 Å². The van der Waals surface area contributed by atoms with E-state index in [-0.39, 0.29) is 16.5 Å². The molecule has 37 heavy (non-hydrogen) atoms. The molecule has 9 heteroatoms. The van der Waals surface area contributed by atoms with Crippen molar-refractivity contribution in [1.29, 1.82) is 0 Å². The van der Waals surface area contributed by atoms with Crippen molar-refractivity contribution in [2.75, 3.05) is 4.90 Å². The number of amides is 1. The number of carbonyl (C=O) groups excluding carboxylic acids is 2. The Kier molecular flexibility index (Phi) is 5.54. The van der Waals surface area contributed by atoms with E-state index in [1.54, 1.807) is 49.4 Å². The largest absolute Gasteiger partial charge is 0.503 e. The molecule has 0 fully saturated rings. The molecule has 0 aliphatic carbocycles. The first kappa shape index (κ1) is 22.7. The molecule has 2 aromatic heterocycles. The van der Waals surface area contributed by atoms with E-state index < -0.39 is 23.5 Å². The Morgan fingerprint density at radius 1 is 0.973 bits per heavy atom. The number of aliphatic hydroxyl groups excluding tert-OH is 1. The molecule has 182 valence electrons. The molecule has 0 radical (unpaired) electrons. The molecule has 0 spiro atoms. The van der Waals surface area contributed by atoms with Gasteiger partial charge in [0.05, 0.1) is 11.6 Å². The van der Waals surface area contributed by atoms with E-state index in [2.05, 4.69) is 10.2 Å². The number of aryl methyl sites for hydroxylation is 1. The maximum atomic E-state index is 13.8. The molecular weight excluding hydrogens is 490 g/mol. The number of ketones is 1. The third-order valence-electron chi connectivity index (χ3n) is 5.98. The lowest BCUT2D eigenvalue weighted by atomic mass is 9.95. The second kappa shape index (κ2) is 9.03. The Balaban J connectivity index is 1.46.